The molecule has 130 valence electrons. The van der Waals surface area contributed by atoms with E-state index in [1.807, 2.05) is 37.3 Å². The highest BCUT2D eigenvalue weighted by molar-refractivity contribution is 6.19. The number of nitrogens with zero attached hydrogens (tertiary/aromatic N) is 2. The van der Waals surface area contributed by atoms with Crippen LogP contribution in [0.4, 0.5) is 0 Å². The van der Waals surface area contributed by atoms with E-state index in [2.05, 4.69) is 25.9 Å². The molecule has 0 aliphatic carbocycles. The first-order chi connectivity index (χ1) is 11.0. The van der Waals surface area contributed by atoms with Crippen LogP contribution in [0, 0.1) is 12.3 Å². The van der Waals surface area contributed by atoms with Gasteiger partial charge in [0, 0.05) is 17.4 Å². The maximum Gasteiger partial charge on any atom is 0.319 e. The van der Waals surface area contributed by atoms with Crippen molar-refractivity contribution < 1.29 is 9.53 Å². The SMILES string of the molecule is Cc1ccc(-n2nc(C(C)(C)C)cc2OC(=O)C(C)(C)CCl)cc1. The summed E-state index contributed by atoms with van der Waals surface area (Å²) in [6.07, 6.45) is 0. The number of esters is 1. The minimum atomic E-state index is -0.758. The third kappa shape index (κ3) is 3.99. The fraction of sp³-hybridized carbons (Fsp3) is 0.474. The third-order valence-electron chi connectivity index (χ3n) is 3.81. The molecule has 1 heterocycles. The molecule has 1 aromatic heterocycles. The molecule has 4 nitrogen and oxygen atoms in total. The van der Waals surface area contributed by atoms with Gasteiger partial charge in [0.25, 0.3) is 0 Å². The van der Waals surface area contributed by atoms with Gasteiger partial charge in [-0.15, -0.1) is 11.6 Å². The van der Waals surface area contributed by atoms with Crippen molar-refractivity contribution in [1.29, 1.82) is 0 Å². The molecule has 0 atom stereocenters. The molecular formula is C19H25ClN2O2. The van der Waals surface area contributed by atoms with Crippen LogP contribution >= 0.6 is 11.6 Å². The predicted octanol–water partition coefficient (Wildman–Crippen LogP) is 4.65. The molecule has 0 N–H and O–H groups in total. The van der Waals surface area contributed by atoms with Gasteiger partial charge in [-0.25, -0.2) is 4.68 Å². The summed E-state index contributed by atoms with van der Waals surface area (Å²) in [5, 5.41) is 4.65. The van der Waals surface area contributed by atoms with E-state index in [4.69, 9.17) is 16.3 Å². The molecule has 24 heavy (non-hydrogen) atoms. The molecule has 0 amide bonds. The highest BCUT2D eigenvalue weighted by Crippen LogP contribution is 2.29. The minimum Gasteiger partial charge on any atom is -0.407 e. The highest BCUT2D eigenvalue weighted by atomic mass is 35.5. The van der Waals surface area contributed by atoms with Crippen molar-refractivity contribution in [2.45, 2.75) is 47.0 Å². The Kier molecular flexibility index (Phi) is 5.09. The van der Waals surface area contributed by atoms with Crippen LogP contribution in [0.25, 0.3) is 5.69 Å². The number of ether oxygens (including phenoxy) is 1. The average Bonchev–Trinajstić information content (AvgIpc) is 2.92. The lowest BCUT2D eigenvalue weighted by molar-refractivity contribution is -0.143. The fourth-order valence-electron chi connectivity index (χ4n) is 1.96. The van der Waals surface area contributed by atoms with Crippen molar-refractivity contribution in [2.75, 3.05) is 5.88 Å². The number of rotatable bonds is 4. The van der Waals surface area contributed by atoms with Gasteiger partial charge in [0.05, 0.1) is 16.8 Å². The van der Waals surface area contributed by atoms with Crippen LogP contribution < -0.4 is 4.74 Å². The smallest absolute Gasteiger partial charge is 0.319 e. The topological polar surface area (TPSA) is 44.1 Å². The second-order valence-electron chi connectivity index (χ2n) is 7.77. The molecule has 0 aliphatic heterocycles. The first-order valence-corrected chi connectivity index (χ1v) is 8.54. The number of aryl methyl sites for hydroxylation is 1. The average molecular weight is 349 g/mol. The number of halogens is 1. The molecule has 0 fully saturated rings. The lowest BCUT2D eigenvalue weighted by atomic mass is 9.92. The summed E-state index contributed by atoms with van der Waals surface area (Å²) in [7, 11) is 0. The van der Waals surface area contributed by atoms with Crippen molar-refractivity contribution in [3.8, 4) is 11.6 Å². The molecule has 1 aromatic carbocycles. The Morgan fingerprint density at radius 2 is 1.75 bits per heavy atom. The molecule has 0 saturated heterocycles. The van der Waals surface area contributed by atoms with Gasteiger partial charge in [-0.1, -0.05) is 38.5 Å². The fourth-order valence-corrected chi connectivity index (χ4v) is 2.07. The van der Waals surface area contributed by atoms with E-state index in [9.17, 15) is 4.79 Å². The van der Waals surface area contributed by atoms with E-state index in [0.717, 1.165) is 16.9 Å². The van der Waals surface area contributed by atoms with Crippen LogP contribution in [-0.2, 0) is 10.2 Å². The molecule has 0 radical (unpaired) electrons. The Morgan fingerprint density at radius 1 is 1.17 bits per heavy atom. The number of carbonyl (C=O) groups is 1. The largest absolute Gasteiger partial charge is 0.407 e. The first-order valence-electron chi connectivity index (χ1n) is 8.00. The maximum absolute atomic E-state index is 12.4. The Balaban J connectivity index is 2.47. The Morgan fingerprint density at radius 3 is 2.25 bits per heavy atom. The molecule has 5 heteroatoms. The van der Waals surface area contributed by atoms with E-state index in [1.165, 1.54) is 0 Å². The van der Waals surface area contributed by atoms with Gasteiger partial charge in [0.15, 0.2) is 0 Å². The molecule has 0 unspecified atom stereocenters. The van der Waals surface area contributed by atoms with Crippen LogP contribution in [0.2, 0.25) is 0 Å². The van der Waals surface area contributed by atoms with Gasteiger partial charge in [0.2, 0.25) is 5.88 Å². The van der Waals surface area contributed by atoms with Gasteiger partial charge in [-0.3, -0.25) is 4.79 Å². The van der Waals surface area contributed by atoms with Crippen molar-refractivity contribution in [3.63, 3.8) is 0 Å². The van der Waals surface area contributed by atoms with Gasteiger partial charge < -0.3 is 4.74 Å². The number of hydrogen-bond donors (Lipinski definition) is 0. The van der Waals surface area contributed by atoms with Crippen LogP contribution in [-0.4, -0.2) is 21.6 Å². The van der Waals surface area contributed by atoms with E-state index in [0.29, 0.717) is 5.88 Å². The number of carbonyl (C=O) groups excluding carboxylic acids is 1. The van der Waals surface area contributed by atoms with E-state index < -0.39 is 5.41 Å². The van der Waals surface area contributed by atoms with Crippen LogP contribution in [0.15, 0.2) is 30.3 Å². The van der Waals surface area contributed by atoms with Crippen molar-refractivity contribution in [2.24, 2.45) is 5.41 Å². The second kappa shape index (κ2) is 6.60. The van der Waals surface area contributed by atoms with E-state index in [1.54, 1.807) is 18.5 Å². The Bertz CT molecular complexity index is 725. The summed E-state index contributed by atoms with van der Waals surface area (Å²) in [4.78, 5) is 12.4. The van der Waals surface area contributed by atoms with Gasteiger partial charge in [0.1, 0.15) is 0 Å². The number of aromatic nitrogens is 2. The van der Waals surface area contributed by atoms with Crippen LogP contribution in [0.1, 0.15) is 45.9 Å². The van der Waals surface area contributed by atoms with Crippen molar-refractivity contribution in [1.82, 2.24) is 9.78 Å². The summed E-state index contributed by atoms with van der Waals surface area (Å²) in [6.45, 7) is 11.8. The normalized spacial score (nSPS) is 12.3. The number of alkyl halides is 1. The monoisotopic (exact) mass is 348 g/mol. The maximum atomic E-state index is 12.4. The summed E-state index contributed by atoms with van der Waals surface area (Å²) in [5.41, 5.74) is 1.95. The summed E-state index contributed by atoms with van der Waals surface area (Å²) in [5.74, 6) is 0.231. The lowest BCUT2D eigenvalue weighted by Crippen LogP contribution is -2.31. The molecule has 0 saturated carbocycles. The highest BCUT2D eigenvalue weighted by Gasteiger charge is 2.31. The van der Waals surface area contributed by atoms with E-state index >= 15 is 0 Å². The molecule has 0 spiro atoms. The van der Waals surface area contributed by atoms with Crippen LogP contribution in [0.3, 0.4) is 0 Å². The number of hydrogen-bond acceptors (Lipinski definition) is 3. The standard InChI is InChI=1S/C19H25ClN2O2/c1-13-7-9-14(10-8-13)22-16(11-15(21-22)18(2,3)4)24-17(23)19(5,6)12-20/h7-11H,12H2,1-6H3. The first kappa shape index (κ1) is 18.5. The zero-order valence-corrected chi connectivity index (χ0v) is 15.9. The molecule has 2 rings (SSSR count). The van der Waals surface area contributed by atoms with Crippen molar-refractivity contribution >= 4 is 17.6 Å². The summed E-state index contributed by atoms with van der Waals surface area (Å²) in [6, 6.07) is 9.74. The van der Waals surface area contributed by atoms with E-state index in [-0.39, 0.29) is 17.3 Å². The lowest BCUT2D eigenvalue weighted by Gasteiger charge is -2.19. The van der Waals surface area contributed by atoms with Crippen LogP contribution in [0.5, 0.6) is 5.88 Å². The molecule has 2 aromatic rings. The number of benzene rings is 1. The summed E-state index contributed by atoms with van der Waals surface area (Å²) < 4.78 is 7.31. The Labute approximate surface area is 148 Å². The molecule has 0 bridgehead atoms. The van der Waals surface area contributed by atoms with Gasteiger partial charge in [-0.05, 0) is 32.9 Å². The predicted molar refractivity (Wildman–Crippen MR) is 97.1 cm³/mol. The third-order valence-corrected chi connectivity index (χ3v) is 4.48. The second-order valence-corrected chi connectivity index (χ2v) is 8.04. The molecule has 0 aliphatic rings. The summed E-state index contributed by atoms with van der Waals surface area (Å²) >= 11 is 5.88. The molecular weight excluding hydrogens is 324 g/mol. The zero-order chi connectivity index (χ0) is 18.1. The van der Waals surface area contributed by atoms with Gasteiger partial charge in [-0.2, -0.15) is 5.10 Å². The quantitative estimate of drug-likeness (QED) is 0.596. The van der Waals surface area contributed by atoms with Crippen molar-refractivity contribution in [3.05, 3.63) is 41.6 Å². The Hall–Kier alpha value is -1.81. The minimum absolute atomic E-state index is 0.154. The zero-order valence-electron chi connectivity index (χ0n) is 15.2. The van der Waals surface area contributed by atoms with Gasteiger partial charge >= 0.3 is 5.97 Å².